The van der Waals surface area contributed by atoms with Gasteiger partial charge in [0.15, 0.2) is 5.41 Å². The Kier molecular flexibility index (Phi) is 10.5. The van der Waals surface area contributed by atoms with Gasteiger partial charge in [-0.1, -0.05) is 36.0 Å². The maximum Gasteiger partial charge on any atom is 0.339 e. The second-order valence-electron chi connectivity index (χ2n) is 6.07. The molecule has 2 fully saturated rings. The number of carboxylic acid groups (broad SMARTS) is 2. The molecule has 148 valence electrons. The third kappa shape index (κ3) is 6.68. The van der Waals surface area contributed by atoms with Crippen LogP contribution in [0.15, 0.2) is 0 Å². The Labute approximate surface area is 169 Å². The molecule has 2 atom stereocenters. The topological polar surface area (TPSA) is 153 Å². The molecule has 0 aromatic carbocycles. The minimum atomic E-state index is -1.86. The van der Waals surface area contributed by atoms with Crippen molar-refractivity contribution in [2.75, 3.05) is 0 Å². The molecule has 0 spiro atoms. The first-order valence-electron chi connectivity index (χ1n) is 7.56. The van der Waals surface area contributed by atoms with Gasteiger partial charge in [0.05, 0.1) is 0 Å². The van der Waals surface area contributed by atoms with E-state index in [4.69, 9.17) is 44.9 Å². The number of rotatable bonds is 4. The monoisotopic (exact) mass is 579 g/mol. The zero-order valence-corrected chi connectivity index (χ0v) is 17.1. The number of alkyl halides is 2. The fraction of sp³-hybridized carbons (Fsp3) is 0.786. The summed E-state index contributed by atoms with van der Waals surface area (Å²) in [5, 5.41) is 17.5. The summed E-state index contributed by atoms with van der Waals surface area (Å²) in [5.41, 5.74) is 9.44. The van der Waals surface area contributed by atoms with Gasteiger partial charge >= 0.3 is 17.9 Å². The molecule has 0 radical (unpaired) electrons. The Balaban J connectivity index is 0.000000540. The molecule has 11 heteroatoms. The van der Waals surface area contributed by atoms with Crippen LogP contribution >= 0.6 is 23.2 Å². The fourth-order valence-electron chi connectivity index (χ4n) is 2.65. The molecule has 2 aliphatic rings. The fourth-order valence-corrected chi connectivity index (χ4v) is 2.75. The number of ether oxygens (including phenoxy) is 1. The molecule has 0 aromatic heterocycles. The molecule has 0 aromatic rings. The summed E-state index contributed by atoms with van der Waals surface area (Å²) in [7, 11) is 0. The number of hydrogen-bond acceptors (Lipinski definition) is 6. The van der Waals surface area contributed by atoms with Crippen molar-refractivity contribution in [3.05, 3.63) is 0 Å². The smallest absolute Gasteiger partial charge is 0.339 e. The molecular formula is C14H22Cl2N2O6Pt. The average molecular weight is 580 g/mol. The molecule has 0 bridgehead atoms. The number of esters is 1. The van der Waals surface area contributed by atoms with E-state index in [1.165, 1.54) is 12.8 Å². The van der Waals surface area contributed by atoms with Crippen LogP contribution < -0.4 is 11.5 Å². The van der Waals surface area contributed by atoms with Crippen molar-refractivity contribution in [2.45, 2.75) is 61.5 Å². The minimum Gasteiger partial charge on any atom is -0.480 e. The molecular weight excluding hydrogens is 558 g/mol. The van der Waals surface area contributed by atoms with Crippen molar-refractivity contribution >= 4 is 41.1 Å². The molecule has 2 rings (SSSR count). The van der Waals surface area contributed by atoms with Crippen LogP contribution in [0.5, 0.6) is 0 Å². The summed E-state index contributed by atoms with van der Waals surface area (Å²) in [4.78, 5) is 31.0. The van der Waals surface area contributed by atoms with E-state index in [1.54, 1.807) is 0 Å². The number of carbonyl (C=O) groups excluding carboxylic acids is 1. The molecule has 0 unspecified atom stereocenters. The summed E-state index contributed by atoms with van der Waals surface area (Å²) in [6.07, 6.45) is 3.49. The molecule has 25 heavy (non-hydrogen) atoms. The third-order valence-electron chi connectivity index (χ3n) is 4.31. The van der Waals surface area contributed by atoms with Gasteiger partial charge in [-0.2, -0.15) is 0 Å². The average Bonchev–Trinajstić information content (AvgIpc) is 2.45. The molecule has 8 nitrogen and oxygen atoms in total. The van der Waals surface area contributed by atoms with Crippen molar-refractivity contribution in [1.82, 2.24) is 0 Å². The second kappa shape index (κ2) is 10.7. The van der Waals surface area contributed by atoms with Gasteiger partial charge in [-0.15, -0.1) is 0 Å². The second-order valence-corrected chi connectivity index (χ2v) is 7.17. The molecule has 0 amide bonds. The van der Waals surface area contributed by atoms with Crippen LogP contribution in [-0.2, 0) is 40.2 Å². The van der Waals surface area contributed by atoms with E-state index in [0.29, 0.717) is 0 Å². The quantitative estimate of drug-likeness (QED) is 0.217. The van der Waals surface area contributed by atoms with E-state index in [2.05, 4.69) is 4.74 Å². The minimum absolute atomic E-state index is 0. The van der Waals surface area contributed by atoms with Crippen LogP contribution in [0.1, 0.15) is 38.5 Å². The van der Waals surface area contributed by atoms with Crippen molar-refractivity contribution in [2.24, 2.45) is 16.9 Å². The van der Waals surface area contributed by atoms with Gasteiger partial charge in [0.1, 0.15) is 6.10 Å². The van der Waals surface area contributed by atoms with E-state index < -0.39 is 34.3 Å². The molecule has 0 aliphatic heterocycles. The first-order valence-corrected chi connectivity index (χ1v) is 8.44. The first kappa shape index (κ1) is 24.6. The van der Waals surface area contributed by atoms with Crippen LogP contribution in [0.25, 0.3) is 0 Å². The SMILES string of the molecule is N[C@@H]1CCCC[C@H]1N.O=C(OC1CC(C(=O)O)(C(=O)O)C1)C(Cl)Cl.[Pt]. The summed E-state index contributed by atoms with van der Waals surface area (Å²) in [6, 6.07) is 0.562. The Morgan fingerprint density at radius 1 is 1.00 bits per heavy atom. The zero-order valence-electron chi connectivity index (χ0n) is 13.3. The number of halogens is 2. The van der Waals surface area contributed by atoms with Gasteiger partial charge in [-0.3, -0.25) is 9.59 Å². The molecule has 2 saturated carbocycles. The van der Waals surface area contributed by atoms with E-state index in [0.717, 1.165) is 12.8 Å². The summed E-state index contributed by atoms with van der Waals surface area (Å²) in [5.74, 6) is -3.79. The van der Waals surface area contributed by atoms with E-state index in [9.17, 15) is 14.4 Å². The van der Waals surface area contributed by atoms with Gasteiger partial charge in [-0.25, -0.2) is 4.79 Å². The van der Waals surface area contributed by atoms with Crippen LogP contribution in [0.2, 0.25) is 0 Å². The molecule has 2 aliphatic carbocycles. The van der Waals surface area contributed by atoms with Gasteiger partial charge in [0, 0.05) is 46.0 Å². The van der Waals surface area contributed by atoms with E-state index in [1.807, 2.05) is 0 Å². The summed E-state index contributed by atoms with van der Waals surface area (Å²) >= 11 is 10.4. The van der Waals surface area contributed by atoms with Crippen molar-refractivity contribution < 1.29 is 50.4 Å². The number of aliphatic carboxylic acids is 2. The van der Waals surface area contributed by atoms with Crippen molar-refractivity contribution in [1.29, 1.82) is 0 Å². The molecule has 6 N–H and O–H groups in total. The number of hydrogen-bond donors (Lipinski definition) is 4. The number of nitrogens with two attached hydrogens (primary N) is 2. The van der Waals surface area contributed by atoms with Crippen LogP contribution in [0.4, 0.5) is 0 Å². The van der Waals surface area contributed by atoms with Crippen molar-refractivity contribution in [3.8, 4) is 0 Å². The van der Waals surface area contributed by atoms with Gasteiger partial charge < -0.3 is 26.4 Å². The normalized spacial score (nSPS) is 24.8. The number of carboxylic acids is 2. The predicted octanol–water partition coefficient (Wildman–Crippen LogP) is 0.864. The zero-order chi connectivity index (χ0) is 18.5. The Hall–Kier alpha value is -0.402. The largest absolute Gasteiger partial charge is 0.480 e. The maximum atomic E-state index is 10.9. The number of carbonyl (C=O) groups is 3. The van der Waals surface area contributed by atoms with Crippen LogP contribution in [0.3, 0.4) is 0 Å². The molecule has 0 heterocycles. The first-order chi connectivity index (χ1) is 11.1. The Morgan fingerprint density at radius 2 is 1.40 bits per heavy atom. The Bertz CT molecular complexity index is 462. The maximum absolute atomic E-state index is 10.9. The standard InChI is InChI=1S/C8H8Cl2O6.C6H14N2.Pt/c9-4(10)5(11)16-3-1-8(2-3,6(12)13)7(14)15;7-5-3-1-2-4-6(5)8;/h3-4H,1-2H2,(H,12,13)(H,14,15);5-6H,1-4,7-8H2;/t;5-,6-;/m.1./s1. The van der Waals surface area contributed by atoms with Gasteiger partial charge in [-0.05, 0) is 12.8 Å². The van der Waals surface area contributed by atoms with E-state index >= 15 is 0 Å². The van der Waals surface area contributed by atoms with Crippen LogP contribution in [0, 0.1) is 5.41 Å². The van der Waals surface area contributed by atoms with Gasteiger partial charge in [0.2, 0.25) is 4.84 Å². The summed E-state index contributed by atoms with van der Waals surface area (Å²) < 4.78 is 4.67. The van der Waals surface area contributed by atoms with Crippen LogP contribution in [-0.4, -0.2) is 51.1 Å². The third-order valence-corrected chi connectivity index (χ3v) is 4.66. The van der Waals surface area contributed by atoms with E-state index in [-0.39, 0.29) is 46.0 Å². The molecule has 0 saturated heterocycles. The van der Waals surface area contributed by atoms with Gasteiger partial charge in [0.25, 0.3) is 0 Å². The Morgan fingerprint density at radius 3 is 1.68 bits per heavy atom. The predicted molar refractivity (Wildman–Crippen MR) is 86.7 cm³/mol. The van der Waals surface area contributed by atoms with Crippen molar-refractivity contribution in [3.63, 3.8) is 0 Å². The summed E-state index contributed by atoms with van der Waals surface area (Å²) in [6.45, 7) is 0.